The molecule has 0 spiro atoms. The number of hydrogen-bond acceptors (Lipinski definition) is 4. The zero-order chi connectivity index (χ0) is 18.2. The number of nitrogens with one attached hydrogen (secondary N) is 1. The Balaban J connectivity index is 1.88. The van der Waals surface area contributed by atoms with Crippen LogP contribution < -0.4 is 15.8 Å². The van der Waals surface area contributed by atoms with Gasteiger partial charge >= 0.3 is 0 Å². The molecule has 0 fully saturated rings. The van der Waals surface area contributed by atoms with Crippen molar-refractivity contribution in [3.63, 3.8) is 0 Å². The Hall–Kier alpha value is -2.37. The largest absolute Gasteiger partial charge is 0.496 e. The Morgan fingerprint density at radius 1 is 1.24 bits per heavy atom. The van der Waals surface area contributed by atoms with E-state index in [1.165, 1.54) is 12.7 Å². The van der Waals surface area contributed by atoms with Crippen LogP contribution in [0.3, 0.4) is 0 Å². The first-order valence-electron chi connectivity index (χ1n) is 8.44. The Labute approximate surface area is 148 Å². The van der Waals surface area contributed by atoms with E-state index in [9.17, 15) is 9.90 Å². The van der Waals surface area contributed by atoms with Crippen molar-refractivity contribution in [2.75, 3.05) is 13.7 Å². The van der Waals surface area contributed by atoms with Gasteiger partial charge in [0.1, 0.15) is 5.75 Å². The predicted octanol–water partition coefficient (Wildman–Crippen LogP) is 2.44. The average molecular weight is 342 g/mol. The first kappa shape index (κ1) is 19.0. The summed E-state index contributed by atoms with van der Waals surface area (Å²) in [6.45, 7) is 2.50. The first-order valence-corrected chi connectivity index (χ1v) is 8.44. The molecule has 0 aliphatic carbocycles. The minimum Gasteiger partial charge on any atom is -0.496 e. The van der Waals surface area contributed by atoms with Crippen LogP contribution in [-0.2, 0) is 6.42 Å². The number of amides is 1. The molecule has 0 aromatic heterocycles. The highest BCUT2D eigenvalue weighted by Crippen LogP contribution is 2.23. The molecule has 5 heteroatoms. The van der Waals surface area contributed by atoms with Crippen molar-refractivity contribution in [2.24, 2.45) is 5.73 Å². The maximum atomic E-state index is 11.5. The third-order valence-electron chi connectivity index (χ3n) is 4.24. The van der Waals surface area contributed by atoms with Gasteiger partial charge in [-0.3, -0.25) is 4.79 Å². The van der Waals surface area contributed by atoms with Gasteiger partial charge in [0.25, 0.3) is 5.91 Å². The SMILES string of the molecule is COc1ccc(C(O)CNC(C)CCc2ccccc2)cc1C(N)=O. The van der Waals surface area contributed by atoms with Crippen LogP contribution in [0.4, 0.5) is 0 Å². The third kappa shape index (κ3) is 5.59. The molecular weight excluding hydrogens is 316 g/mol. The molecule has 0 heterocycles. The molecular formula is C20H26N2O3. The number of aliphatic hydroxyl groups is 1. The van der Waals surface area contributed by atoms with Crippen molar-refractivity contribution >= 4 is 5.91 Å². The van der Waals surface area contributed by atoms with E-state index in [-0.39, 0.29) is 11.6 Å². The molecule has 0 saturated heterocycles. The number of nitrogens with two attached hydrogens (primary N) is 1. The molecule has 2 rings (SSSR count). The van der Waals surface area contributed by atoms with Crippen molar-refractivity contribution in [2.45, 2.75) is 31.9 Å². The van der Waals surface area contributed by atoms with Crippen LogP contribution in [0, 0.1) is 0 Å². The number of aryl methyl sites for hydroxylation is 1. The first-order chi connectivity index (χ1) is 12.0. The molecule has 2 aromatic carbocycles. The Bertz CT molecular complexity index is 689. The Kier molecular flexibility index (Phi) is 6.98. The molecule has 5 nitrogen and oxygen atoms in total. The normalized spacial score (nSPS) is 13.2. The summed E-state index contributed by atoms with van der Waals surface area (Å²) in [5.74, 6) is -0.164. The molecule has 0 bridgehead atoms. The lowest BCUT2D eigenvalue weighted by atomic mass is 10.0. The summed E-state index contributed by atoms with van der Waals surface area (Å²) < 4.78 is 5.12. The smallest absolute Gasteiger partial charge is 0.252 e. The number of aliphatic hydroxyl groups excluding tert-OH is 1. The van der Waals surface area contributed by atoms with Gasteiger partial charge < -0.3 is 20.9 Å². The fourth-order valence-corrected chi connectivity index (χ4v) is 2.69. The van der Waals surface area contributed by atoms with E-state index in [0.717, 1.165) is 12.8 Å². The highest BCUT2D eigenvalue weighted by Gasteiger charge is 2.15. The number of carbonyl (C=O) groups excluding carboxylic acids is 1. The lowest BCUT2D eigenvalue weighted by Gasteiger charge is -2.18. The molecule has 2 unspecified atom stereocenters. The summed E-state index contributed by atoms with van der Waals surface area (Å²) in [6.07, 6.45) is 1.24. The van der Waals surface area contributed by atoms with Gasteiger partial charge in [-0.2, -0.15) is 0 Å². The number of carbonyl (C=O) groups is 1. The number of ether oxygens (including phenoxy) is 1. The molecule has 0 saturated carbocycles. The molecule has 0 aliphatic heterocycles. The minimum absolute atomic E-state index is 0.267. The van der Waals surface area contributed by atoms with Crippen LogP contribution in [0.1, 0.15) is 40.9 Å². The minimum atomic E-state index is -0.719. The van der Waals surface area contributed by atoms with Crippen LogP contribution in [0.25, 0.3) is 0 Å². The highest BCUT2D eigenvalue weighted by molar-refractivity contribution is 5.95. The molecule has 2 aromatic rings. The second-order valence-corrected chi connectivity index (χ2v) is 6.17. The van der Waals surface area contributed by atoms with E-state index in [4.69, 9.17) is 10.5 Å². The Morgan fingerprint density at radius 2 is 1.96 bits per heavy atom. The molecule has 4 N–H and O–H groups in total. The van der Waals surface area contributed by atoms with Gasteiger partial charge in [0.15, 0.2) is 0 Å². The molecule has 25 heavy (non-hydrogen) atoms. The number of methoxy groups -OCH3 is 1. The van der Waals surface area contributed by atoms with E-state index < -0.39 is 12.0 Å². The maximum Gasteiger partial charge on any atom is 0.252 e. The van der Waals surface area contributed by atoms with Crippen LogP contribution in [0.15, 0.2) is 48.5 Å². The van der Waals surface area contributed by atoms with Gasteiger partial charge in [-0.05, 0) is 43.0 Å². The van der Waals surface area contributed by atoms with Gasteiger partial charge in [0.2, 0.25) is 0 Å². The lowest BCUT2D eigenvalue weighted by Crippen LogP contribution is -2.31. The molecule has 134 valence electrons. The molecule has 2 atom stereocenters. The maximum absolute atomic E-state index is 11.5. The van der Waals surface area contributed by atoms with E-state index >= 15 is 0 Å². The monoisotopic (exact) mass is 342 g/mol. The predicted molar refractivity (Wildman–Crippen MR) is 98.7 cm³/mol. The third-order valence-corrected chi connectivity index (χ3v) is 4.24. The summed E-state index contributed by atoms with van der Waals surface area (Å²) in [5.41, 5.74) is 7.57. The molecule has 0 aliphatic rings. The average Bonchev–Trinajstić information content (AvgIpc) is 2.64. The second kappa shape index (κ2) is 9.20. The van der Waals surface area contributed by atoms with Crippen molar-refractivity contribution in [1.29, 1.82) is 0 Å². The van der Waals surface area contributed by atoms with Crippen molar-refractivity contribution < 1.29 is 14.6 Å². The summed E-state index contributed by atoms with van der Waals surface area (Å²) in [6, 6.07) is 15.6. The van der Waals surface area contributed by atoms with E-state index in [1.807, 2.05) is 18.2 Å². The number of rotatable bonds is 9. The van der Waals surface area contributed by atoms with Crippen molar-refractivity contribution in [3.8, 4) is 5.75 Å². The summed E-state index contributed by atoms with van der Waals surface area (Å²) in [7, 11) is 1.48. The highest BCUT2D eigenvalue weighted by atomic mass is 16.5. The van der Waals surface area contributed by atoms with Crippen LogP contribution >= 0.6 is 0 Å². The number of primary amides is 1. The van der Waals surface area contributed by atoms with Crippen molar-refractivity contribution in [3.05, 3.63) is 65.2 Å². The van der Waals surface area contributed by atoms with Gasteiger partial charge in [-0.25, -0.2) is 0 Å². The summed E-state index contributed by atoms with van der Waals surface area (Å²) >= 11 is 0. The quantitative estimate of drug-likeness (QED) is 0.653. The summed E-state index contributed by atoms with van der Waals surface area (Å²) in [5, 5.41) is 13.7. The lowest BCUT2D eigenvalue weighted by molar-refractivity contribution is 0.0997. The zero-order valence-electron chi connectivity index (χ0n) is 14.7. The van der Waals surface area contributed by atoms with Crippen molar-refractivity contribution in [1.82, 2.24) is 5.32 Å². The van der Waals surface area contributed by atoms with E-state index in [1.54, 1.807) is 18.2 Å². The van der Waals surface area contributed by atoms with Gasteiger partial charge in [0, 0.05) is 12.6 Å². The second-order valence-electron chi connectivity index (χ2n) is 6.17. The molecule has 1 amide bonds. The van der Waals surface area contributed by atoms with Crippen LogP contribution in [0.5, 0.6) is 5.75 Å². The van der Waals surface area contributed by atoms with E-state index in [2.05, 4.69) is 24.4 Å². The zero-order valence-corrected chi connectivity index (χ0v) is 14.7. The van der Waals surface area contributed by atoms with Gasteiger partial charge in [-0.15, -0.1) is 0 Å². The standard InChI is InChI=1S/C20H26N2O3/c1-14(8-9-15-6-4-3-5-7-15)22-13-18(23)16-10-11-19(25-2)17(12-16)20(21)24/h3-7,10-12,14,18,22-23H,8-9,13H2,1-2H3,(H2,21,24). The van der Waals surface area contributed by atoms with Gasteiger partial charge in [-0.1, -0.05) is 36.4 Å². The Morgan fingerprint density at radius 3 is 2.60 bits per heavy atom. The van der Waals surface area contributed by atoms with Crippen LogP contribution in [-0.4, -0.2) is 30.7 Å². The van der Waals surface area contributed by atoms with E-state index in [0.29, 0.717) is 17.9 Å². The van der Waals surface area contributed by atoms with Gasteiger partial charge in [0.05, 0.1) is 18.8 Å². The van der Waals surface area contributed by atoms with Crippen LogP contribution in [0.2, 0.25) is 0 Å². The summed E-state index contributed by atoms with van der Waals surface area (Å²) in [4.78, 5) is 11.5. The fraction of sp³-hybridized carbons (Fsp3) is 0.350. The topological polar surface area (TPSA) is 84.6 Å². The molecule has 0 radical (unpaired) electrons. The fourth-order valence-electron chi connectivity index (χ4n) is 2.69. The number of hydrogen-bond donors (Lipinski definition) is 3. The number of benzene rings is 2.